The predicted molar refractivity (Wildman–Crippen MR) is 28.7 cm³/mol. The van der Waals surface area contributed by atoms with Crippen LogP contribution in [0.4, 0.5) is 0 Å². The van der Waals surface area contributed by atoms with Gasteiger partial charge in [-0.05, 0) is 0 Å². The Bertz CT molecular complexity index is 108. The van der Waals surface area contributed by atoms with Gasteiger partial charge in [0.2, 0.25) is 0 Å². The van der Waals surface area contributed by atoms with Crippen LogP contribution in [0, 0.1) is 0 Å². The van der Waals surface area contributed by atoms with Crippen molar-refractivity contribution >= 4 is 23.0 Å². The summed E-state index contributed by atoms with van der Waals surface area (Å²) in [4.78, 5) is 10.7. The largest absolute Gasteiger partial charge is 0.287 e. The minimum absolute atomic E-state index is 0.171. The Hall–Kier alpha value is -0.480. The third kappa shape index (κ3) is 0.755. The van der Waals surface area contributed by atoms with E-state index in [2.05, 4.69) is 23.1 Å². The maximum atomic E-state index is 10.3. The van der Waals surface area contributed by atoms with E-state index in [0.717, 1.165) is 0 Å². The molecule has 0 aromatic rings. The molecular formula is C3H4N2OS. The molecule has 0 bridgehead atoms. The Kier molecular flexibility index (Phi) is 1.04. The number of amides is 1. The van der Waals surface area contributed by atoms with Crippen LogP contribution in [0.25, 0.3) is 0 Å². The Balaban J connectivity index is 2.65. The highest BCUT2D eigenvalue weighted by molar-refractivity contribution is 7.82. The first-order chi connectivity index (χ1) is 3.30. The van der Waals surface area contributed by atoms with Crippen molar-refractivity contribution in [2.45, 2.75) is 0 Å². The molecule has 38 valence electrons. The second-order valence-corrected chi connectivity index (χ2v) is 1.72. The summed E-state index contributed by atoms with van der Waals surface area (Å²) in [7, 11) is 0. The highest BCUT2D eigenvalue weighted by Gasteiger charge is 2.13. The third-order valence-electron chi connectivity index (χ3n) is 0.704. The van der Waals surface area contributed by atoms with Crippen LogP contribution < -0.4 is 10.9 Å². The fourth-order valence-corrected chi connectivity index (χ4v) is 0.478. The standard InChI is InChI=1S/C3H4N2OS/c6-3-2(7)1-4-5-3/h4H,1H2,(H,5,6). The zero-order valence-corrected chi connectivity index (χ0v) is 4.34. The highest BCUT2D eigenvalue weighted by Crippen LogP contribution is 1.79. The number of carbonyl (C=O) groups is 1. The van der Waals surface area contributed by atoms with E-state index in [1.54, 1.807) is 0 Å². The molecule has 3 nitrogen and oxygen atoms in total. The molecule has 1 aliphatic heterocycles. The zero-order chi connectivity index (χ0) is 5.28. The molecule has 0 spiro atoms. The van der Waals surface area contributed by atoms with Crippen LogP contribution in [0.15, 0.2) is 0 Å². The Labute approximate surface area is 46.1 Å². The molecule has 7 heavy (non-hydrogen) atoms. The van der Waals surface area contributed by atoms with E-state index in [9.17, 15) is 4.79 Å². The summed E-state index contributed by atoms with van der Waals surface area (Å²) in [6.45, 7) is 0.494. The number of carbonyl (C=O) groups excluding carboxylic acids is 1. The number of thiocarbonyl (C=S) groups is 1. The van der Waals surface area contributed by atoms with Crippen molar-refractivity contribution in [3.63, 3.8) is 0 Å². The lowest BCUT2D eigenvalue weighted by Crippen LogP contribution is -2.25. The smallest absolute Gasteiger partial charge is 0.273 e. The summed E-state index contributed by atoms with van der Waals surface area (Å²) in [5.74, 6) is -0.171. The molecule has 0 atom stereocenters. The van der Waals surface area contributed by atoms with E-state index in [-0.39, 0.29) is 5.91 Å². The molecule has 4 heteroatoms. The maximum absolute atomic E-state index is 10.3. The summed E-state index contributed by atoms with van der Waals surface area (Å²) in [5.41, 5.74) is 4.92. The van der Waals surface area contributed by atoms with Gasteiger partial charge in [0.05, 0.1) is 11.4 Å². The van der Waals surface area contributed by atoms with E-state index in [1.165, 1.54) is 0 Å². The van der Waals surface area contributed by atoms with Crippen LogP contribution in [-0.2, 0) is 4.79 Å². The summed E-state index contributed by atoms with van der Waals surface area (Å²) in [5, 5.41) is 0. The molecule has 1 heterocycles. The van der Waals surface area contributed by atoms with Crippen molar-refractivity contribution in [3.05, 3.63) is 0 Å². The normalized spacial score (nSPS) is 20.0. The number of nitrogens with one attached hydrogen (secondary N) is 2. The first-order valence-corrected chi connectivity index (χ1v) is 2.27. The average Bonchev–Trinajstić information content (AvgIpc) is 1.91. The van der Waals surface area contributed by atoms with E-state index in [4.69, 9.17) is 0 Å². The zero-order valence-electron chi connectivity index (χ0n) is 3.52. The first kappa shape index (κ1) is 4.67. The van der Waals surface area contributed by atoms with Crippen LogP contribution in [0.3, 0.4) is 0 Å². The second kappa shape index (κ2) is 1.55. The van der Waals surface area contributed by atoms with Gasteiger partial charge in [-0.1, -0.05) is 12.2 Å². The Morgan fingerprint density at radius 2 is 2.43 bits per heavy atom. The molecular weight excluding hydrogens is 112 g/mol. The van der Waals surface area contributed by atoms with Crippen LogP contribution in [-0.4, -0.2) is 17.3 Å². The predicted octanol–water partition coefficient (Wildman–Crippen LogP) is -1.01. The molecule has 0 aliphatic carbocycles. The first-order valence-electron chi connectivity index (χ1n) is 1.87. The number of hydrogen-bond donors (Lipinski definition) is 2. The Morgan fingerprint density at radius 3 is 2.57 bits per heavy atom. The minimum Gasteiger partial charge on any atom is -0.287 e. The molecule has 0 radical (unpaired) electrons. The van der Waals surface area contributed by atoms with Crippen LogP contribution >= 0.6 is 12.2 Å². The molecule has 0 unspecified atom stereocenters. The molecule has 1 saturated heterocycles. The molecule has 0 saturated carbocycles. The van der Waals surface area contributed by atoms with Crippen molar-refractivity contribution in [2.75, 3.05) is 6.54 Å². The van der Waals surface area contributed by atoms with Crippen molar-refractivity contribution in [1.29, 1.82) is 0 Å². The van der Waals surface area contributed by atoms with Gasteiger partial charge in [0.1, 0.15) is 0 Å². The van der Waals surface area contributed by atoms with Gasteiger partial charge in [0.15, 0.2) is 0 Å². The van der Waals surface area contributed by atoms with Crippen molar-refractivity contribution < 1.29 is 4.79 Å². The maximum Gasteiger partial charge on any atom is 0.273 e. The lowest BCUT2D eigenvalue weighted by atomic mass is 10.4. The minimum atomic E-state index is -0.171. The fourth-order valence-electron chi connectivity index (χ4n) is 0.355. The molecule has 1 aliphatic rings. The SMILES string of the molecule is O=C1NNCC1=S. The quantitative estimate of drug-likeness (QED) is 0.398. The lowest BCUT2D eigenvalue weighted by molar-refractivity contribution is -0.114. The van der Waals surface area contributed by atoms with Crippen molar-refractivity contribution in [1.82, 2.24) is 10.9 Å². The number of hydrazine groups is 1. The lowest BCUT2D eigenvalue weighted by Gasteiger charge is -1.82. The van der Waals surface area contributed by atoms with Crippen LogP contribution in [0.5, 0.6) is 0 Å². The van der Waals surface area contributed by atoms with Crippen molar-refractivity contribution in [2.24, 2.45) is 0 Å². The van der Waals surface area contributed by atoms with E-state index < -0.39 is 0 Å². The van der Waals surface area contributed by atoms with Gasteiger partial charge in [-0.3, -0.25) is 10.2 Å². The van der Waals surface area contributed by atoms with Gasteiger partial charge in [0.25, 0.3) is 5.91 Å². The van der Waals surface area contributed by atoms with Gasteiger partial charge in [-0.15, -0.1) is 0 Å². The molecule has 1 fully saturated rings. The summed E-state index contributed by atoms with van der Waals surface area (Å²) in [6, 6.07) is 0. The van der Waals surface area contributed by atoms with E-state index >= 15 is 0 Å². The second-order valence-electron chi connectivity index (χ2n) is 1.23. The average molecular weight is 116 g/mol. The van der Waals surface area contributed by atoms with E-state index in [1.807, 2.05) is 0 Å². The number of rotatable bonds is 0. The number of hydrogen-bond acceptors (Lipinski definition) is 3. The third-order valence-corrected chi connectivity index (χ3v) is 1.03. The van der Waals surface area contributed by atoms with Gasteiger partial charge in [-0.2, -0.15) is 0 Å². The Morgan fingerprint density at radius 1 is 1.71 bits per heavy atom. The van der Waals surface area contributed by atoms with E-state index in [0.29, 0.717) is 11.4 Å². The fraction of sp³-hybridized carbons (Fsp3) is 0.333. The molecule has 0 aromatic carbocycles. The van der Waals surface area contributed by atoms with Gasteiger partial charge in [-0.25, -0.2) is 5.43 Å². The molecule has 1 rings (SSSR count). The highest BCUT2D eigenvalue weighted by atomic mass is 32.1. The van der Waals surface area contributed by atoms with Crippen molar-refractivity contribution in [3.8, 4) is 0 Å². The topological polar surface area (TPSA) is 41.1 Å². The summed E-state index contributed by atoms with van der Waals surface area (Å²) < 4.78 is 0. The van der Waals surface area contributed by atoms with Gasteiger partial charge >= 0.3 is 0 Å². The van der Waals surface area contributed by atoms with Crippen LogP contribution in [0.2, 0.25) is 0 Å². The van der Waals surface area contributed by atoms with Gasteiger partial charge < -0.3 is 0 Å². The molecule has 1 amide bonds. The summed E-state index contributed by atoms with van der Waals surface area (Å²) >= 11 is 4.57. The molecule has 2 N–H and O–H groups in total. The van der Waals surface area contributed by atoms with Gasteiger partial charge in [0, 0.05) is 0 Å². The van der Waals surface area contributed by atoms with Crippen LogP contribution in [0.1, 0.15) is 0 Å². The molecule has 0 aromatic heterocycles. The monoisotopic (exact) mass is 116 g/mol. The summed E-state index contributed by atoms with van der Waals surface area (Å²) in [6.07, 6.45) is 0.